The number of benzene rings is 2. The van der Waals surface area contributed by atoms with E-state index in [1.165, 1.54) is 31.2 Å². The zero-order valence-electron chi connectivity index (χ0n) is 22.3. The van der Waals surface area contributed by atoms with E-state index in [0.29, 0.717) is 23.7 Å². The first kappa shape index (κ1) is 28.1. The van der Waals surface area contributed by atoms with Crippen molar-refractivity contribution in [2.45, 2.75) is 71.6 Å². The van der Waals surface area contributed by atoms with E-state index in [0.717, 1.165) is 49.3 Å². The minimum Gasteiger partial charge on any atom is -0.494 e. The number of carbonyl (C=O) groups excluding carboxylic acids is 1. The highest BCUT2D eigenvalue weighted by molar-refractivity contribution is 5.91. The van der Waals surface area contributed by atoms with Crippen LogP contribution in [0.2, 0.25) is 0 Å². The Hall–Kier alpha value is -3.47. The average molecular weight is 501 g/mol. The molecule has 0 N–H and O–H groups in total. The molecule has 5 heteroatoms. The smallest absolute Gasteiger partial charge is 0.343 e. The Balaban J connectivity index is 1.44. The van der Waals surface area contributed by atoms with Gasteiger partial charge >= 0.3 is 5.97 Å². The molecule has 1 heterocycles. The number of esters is 1. The summed E-state index contributed by atoms with van der Waals surface area (Å²) in [7, 11) is 0. The van der Waals surface area contributed by atoms with Crippen molar-refractivity contribution >= 4 is 5.97 Å². The molecule has 0 aliphatic heterocycles. The standard InChI is InChI=1S/C32H40N2O3/c1-4-6-7-8-11-22-36-29-18-16-28(17-19-29)32(35)37-30-20-14-27(15-21-30)31-33-23-26(24-34-31)13-10-9-12-25(3)5-2/h4,14-21,23-25H,1,5-13,22H2,2-3H3. The highest BCUT2D eigenvalue weighted by Crippen LogP contribution is 2.21. The minimum atomic E-state index is -0.405. The molecule has 0 saturated carbocycles. The van der Waals surface area contributed by atoms with E-state index in [1.54, 1.807) is 36.4 Å². The lowest BCUT2D eigenvalue weighted by Crippen LogP contribution is -2.08. The van der Waals surface area contributed by atoms with Gasteiger partial charge < -0.3 is 9.47 Å². The molecular weight excluding hydrogens is 460 g/mol. The molecule has 37 heavy (non-hydrogen) atoms. The van der Waals surface area contributed by atoms with Crippen LogP contribution >= 0.6 is 0 Å². The Morgan fingerprint density at radius 3 is 2.30 bits per heavy atom. The molecule has 1 aromatic heterocycles. The third kappa shape index (κ3) is 9.83. The summed E-state index contributed by atoms with van der Waals surface area (Å²) in [5, 5.41) is 0. The van der Waals surface area contributed by atoms with Crippen LogP contribution in [-0.4, -0.2) is 22.5 Å². The summed E-state index contributed by atoms with van der Waals surface area (Å²) in [6.45, 7) is 8.96. The third-order valence-electron chi connectivity index (χ3n) is 6.55. The van der Waals surface area contributed by atoms with Gasteiger partial charge in [-0.1, -0.05) is 39.2 Å². The van der Waals surface area contributed by atoms with Crippen LogP contribution in [0.1, 0.15) is 81.1 Å². The summed E-state index contributed by atoms with van der Waals surface area (Å²) < 4.78 is 11.3. The normalized spacial score (nSPS) is 11.6. The van der Waals surface area contributed by atoms with Crippen molar-refractivity contribution in [2.24, 2.45) is 5.92 Å². The van der Waals surface area contributed by atoms with Gasteiger partial charge in [0.25, 0.3) is 0 Å². The van der Waals surface area contributed by atoms with Gasteiger partial charge in [-0.15, -0.1) is 6.58 Å². The monoisotopic (exact) mass is 500 g/mol. The van der Waals surface area contributed by atoms with Gasteiger partial charge in [-0.2, -0.15) is 0 Å². The van der Waals surface area contributed by atoms with E-state index in [1.807, 2.05) is 30.6 Å². The SMILES string of the molecule is C=CCCCCCOc1ccc(C(=O)Oc2ccc(-c3ncc(CCCCC(C)CC)cn3)cc2)cc1. The number of nitrogens with zero attached hydrogens (tertiary/aromatic N) is 2. The van der Waals surface area contributed by atoms with Gasteiger partial charge in [0.2, 0.25) is 0 Å². The number of rotatable bonds is 16. The molecule has 0 aliphatic rings. The zero-order chi connectivity index (χ0) is 26.3. The fraction of sp³-hybridized carbons (Fsp3) is 0.406. The van der Waals surface area contributed by atoms with Gasteiger partial charge in [-0.3, -0.25) is 0 Å². The van der Waals surface area contributed by atoms with Gasteiger partial charge in [-0.25, -0.2) is 14.8 Å². The number of unbranched alkanes of at least 4 members (excludes halogenated alkanes) is 4. The molecule has 0 radical (unpaired) electrons. The number of hydrogen-bond donors (Lipinski definition) is 0. The van der Waals surface area contributed by atoms with Crippen LogP contribution in [0, 0.1) is 5.92 Å². The molecule has 0 fully saturated rings. The molecule has 3 aromatic rings. The molecule has 1 atom stereocenters. The van der Waals surface area contributed by atoms with E-state index < -0.39 is 5.97 Å². The molecule has 0 amide bonds. The van der Waals surface area contributed by atoms with Gasteiger partial charge in [0.1, 0.15) is 11.5 Å². The third-order valence-corrected chi connectivity index (χ3v) is 6.55. The van der Waals surface area contributed by atoms with E-state index in [9.17, 15) is 4.79 Å². The largest absolute Gasteiger partial charge is 0.494 e. The number of ether oxygens (including phenoxy) is 2. The van der Waals surface area contributed by atoms with Crippen molar-refractivity contribution in [3.8, 4) is 22.9 Å². The number of aryl methyl sites for hydroxylation is 1. The quantitative estimate of drug-likeness (QED) is 0.0857. The number of allylic oxidation sites excluding steroid dienone is 1. The van der Waals surface area contributed by atoms with Crippen molar-refractivity contribution in [3.05, 3.63) is 84.7 Å². The molecule has 2 aromatic carbocycles. The first-order valence-electron chi connectivity index (χ1n) is 13.6. The molecule has 0 aliphatic carbocycles. The molecular formula is C32H40N2O3. The second-order valence-corrected chi connectivity index (χ2v) is 9.60. The Bertz CT molecular complexity index is 1080. The number of hydrogen-bond acceptors (Lipinski definition) is 5. The molecule has 3 rings (SSSR count). The fourth-order valence-corrected chi connectivity index (χ4v) is 3.94. The maximum absolute atomic E-state index is 12.5. The summed E-state index contributed by atoms with van der Waals surface area (Å²) in [5.74, 6) is 2.29. The second-order valence-electron chi connectivity index (χ2n) is 9.60. The van der Waals surface area contributed by atoms with Crippen LogP contribution < -0.4 is 9.47 Å². The van der Waals surface area contributed by atoms with Crippen LogP contribution in [-0.2, 0) is 6.42 Å². The molecule has 196 valence electrons. The first-order valence-corrected chi connectivity index (χ1v) is 13.6. The lowest BCUT2D eigenvalue weighted by atomic mass is 10.00. The topological polar surface area (TPSA) is 61.3 Å². The minimum absolute atomic E-state index is 0.405. The lowest BCUT2D eigenvalue weighted by Gasteiger charge is -2.08. The fourth-order valence-electron chi connectivity index (χ4n) is 3.94. The number of aromatic nitrogens is 2. The van der Waals surface area contributed by atoms with Crippen LogP contribution in [0.4, 0.5) is 0 Å². The van der Waals surface area contributed by atoms with E-state index >= 15 is 0 Å². The van der Waals surface area contributed by atoms with Crippen LogP contribution in [0.15, 0.2) is 73.6 Å². The van der Waals surface area contributed by atoms with E-state index in [4.69, 9.17) is 9.47 Å². The predicted molar refractivity (Wildman–Crippen MR) is 150 cm³/mol. The Labute approximate surface area is 222 Å². The Morgan fingerprint density at radius 1 is 0.919 bits per heavy atom. The second kappa shape index (κ2) is 15.6. The lowest BCUT2D eigenvalue weighted by molar-refractivity contribution is 0.0734. The van der Waals surface area contributed by atoms with Gasteiger partial charge in [0.15, 0.2) is 5.82 Å². The van der Waals surface area contributed by atoms with Crippen molar-refractivity contribution in [1.82, 2.24) is 9.97 Å². The first-order chi connectivity index (χ1) is 18.1. The van der Waals surface area contributed by atoms with Crippen molar-refractivity contribution in [1.29, 1.82) is 0 Å². The summed E-state index contributed by atoms with van der Waals surface area (Å²) in [4.78, 5) is 21.6. The van der Waals surface area contributed by atoms with Crippen LogP contribution in [0.3, 0.4) is 0 Å². The van der Waals surface area contributed by atoms with Crippen molar-refractivity contribution in [2.75, 3.05) is 6.61 Å². The Kier molecular flexibility index (Phi) is 11.9. The number of carbonyl (C=O) groups is 1. The van der Waals surface area contributed by atoms with Crippen LogP contribution in [0.25, 0.3) is 11.4 Å². The van der Waals surface area contributed by atoms with E-state index in [2.05, 4.69) is 30.4 Å². The van der Waals surface area contributed by atoms with Crippen molar-refractivity contribution < 1.29 is 14.3 Å². The van der Waals surface area contributed by atoms with Gasteiger partial charge in [0, 0.05) is 18.0 Å². The summed E-state index contributed by atoms with van der Waals surface area (Å²) >= 11 is 0. The highest BCUT2D eigenvalue weighted by Gasteiger charge is 2.10. The molecule has 0 bridgehead atoms. The highest BCUT2D eigenvalue weighted by atomic mass is 16.5. The van der Waals surface area contributed by atoms with Gasteiger partial charge in [0.05, 0.1) is 12.2 Å². The van der Waals surface area contributed by atoms with Gasteiger partial charge in [-0.05, 0) is 98.5 Å². The average Bonchev–Trinajstić information content (AvgIpc) is 2.94. The van der Waals surface area contributed by atoms with E-state index in [-0.39, 0.29) is 0 Å². The summed E-state index contributed by atoms with van der Waals surface area (Å²) in [5.41, 5.74) is 2.53. The Morgan fingerprint density at radius 2 is 1.62 bits per heavy atom. The predicted octanol–water partition coefficient (Wildman–Crippen LogP) is 8.25. The zero-order valence-corrected chi connectivity index (χ0v) is 22.3. The van der Waals surface area contributed by atoms with Crippen molar-refractivity contribution in [3.63, 3.8) is 0 Å². The van der Waals surface area contributed by atoms with Crippen LogP contribution in [0.5, 0.6) is 11.5 Å². The molecule has 0 spiro atoms. The molecule has 5 nitrogen and oxygen atoms in total. The maximum Gasteiger partial charge on any atom is 0.343 e. The molecule has 1 unspecified atom stereocenters. The summed E-state index contributed by atoms with van der Waals surface area (Å²) in [6, 6.07) is 14.3. The maximum atomic E-state index is 12.5. The summed E-state index contributed by atoms with van der Waals surface area (Å²) in [6.07, 6.45) is 16.0. The molecule has 0 saturated heterocycles.